The normalized spacial score (nSPS) is 30.3. The number of rotatable bonds is 3. The lowest BCUT2D eigenvalue weighted by molar-refractivity contribution is -0.267. The lowest BCUT2D eigenvalue weighted by atomic mass is 10.0. The molecule has 0 aromatic carbocycles. The van der Waals surface area contributed by atoms with E-state index in [4.69, 9.17) is 18.9 Å². The van der Waals surface area contributed by atoms with Crippen LogP contribution in [0.2, 0.25) is 0 Å². The van der Waals surface area contributed by atoms with Gasteiger partial charge in [-0.05, 0) is 0 Å². The van der Waals surface area contributed by atoms with Crippen molar-refractivity contribution in [3.05, 3.63) is 0 Å². The highest BCUT2D eigenvalue weighted by molar-refractivity contribution is 5.68. The lowest BCUT2D eigenvalue weighted by Gasteiger charge is -2.38. The van der Waals surface area contributed by atoms with Gasteiger partial charge in [-0.1, -0.05) is 0 Å². The van der Waals surface area contributed by atoms with Gasteiger partial charge in [-0.15, -0.1) is 0 Å². The largest absolute Gasteiger partial charge is 0.456 e. The first kappa shape index (κ1) is 15.4. The summed E-state index contributed by atoms with van der Waals surface area (Å²) in [7, 11) is 0. The molecule has 0 radical (unpaired) electrons. The minimum Gasteiger partial charge on any atom is -0.456 e. The first-order valence-corrected chi connectivity index (χ1v) is 5.62. The van der Waals surface area contributed by atoms with E-state index in [1.54, 1.807) is 0 Å². The summed E-state index contributed by atoms with van der Waals surface area (Å²) in [5.74, 6) is -1.95. The minimum atomic E-state index is -1.46. The van der Waals surface area contributed by atoms with Crippen molar-refractivity contribution in [2.45, 2.75) is 45.4 Å². The second-order valence-corrected chi connectivity index (χ2v) is 4.02. The number of aliphatic hydroxyl groups excluding tert-OH is 1. The number of hydrogen-bond acceptors (Lipinski definition) is 8. The van der Waals surface area contributed by atoms with E-state index >= 15 is 0 Å². The van der Waals surface area contributed by atoms with Crippen LogP contribution in [0.15, 0.2) is 0 Å². The van der Waals surface area contributed by atoms with Crippen LogP contribution in [0.1, 0.15) is 20.8 Å². The van der Waals surface area contributed by atoms with E-state index in [0.29, 0.717) is 0 Å². The third-order valence-corrected chi connectivity index (χ3v) is 2.32. The predicted molar refractivity (Wildman–Crippen MR) is 58.6 cm³/mol. The van der Waals surface area contributed by atoms with Gasteiger partial charge in [0.05, 0.1) is 6.61 Å². The quantitative estimate of drug-likeness (QED) is 0.523. The molecule has 0 aromatic rings. The SMILES string of the molecule is CC(=O)O[C@@H]1[C@H](OC(C)=O)[C@@H](O)OC[C@@H]1OC(C)=O. The summed E-state index contributed by atoms with van der Waals surface area (Å²) in [6, 6.07) is 0. The van der Waals surface area contributed by atoms with Crippen LogP contribution >= 0.6 is 0 Å². The molecule has 0 amide bonds. The van der Waals surface area contributed by atoms with Crippen LogP contribution in [0.25, 0.3) is 0 Å². The van der Waals surface area contributed by atoms with Crippen molar-refractivity contribution in [2.75, 3.05) is 6.61 Å². The van der Waals surface area contributed by atoms with E-state index in [-0.39, 0.29) is 6.61 Å². The van der Waals surface area contributed by atoms with E-state index in [1.165, 1.54) is 6.92 Å². The number of ether oxygens (including phenoxy) is 4. The maximum Gasteiger partial charge on any atom is 0.303 e. The summed E-state index contributed by atoms with van der Waals surface area (Å²) < 4.78 is 19.6. The molecule has 0 unspecified atom stereocenters. The molecule has 0 bridgehead atoms. The number of carbonyl (C=O) groups excluding carboxylic acids is 3. The van der Waals surface area contributed by atoms with Gasteiger partial charge < -0.3 is 24.1 Å². The molecule has 1 saturated heterocycles. The van der Waals surface area contributed by atoms with Crippen molar-refractivity contribution in [2.24, 2.45) is 0 Å². The van der Waals surface area contributed by atoms with Crippen LogP contribution < -0.4 is 0 Å². The van der Waals surface area contributed by atoms with Crippen LogP contribution in [0.3, 0.4) is 0 Å². The molecule has 0 aromatic heterocycles. The standard InChI is InChI=1S/C11H16O8/c1-5(12)17-8-4-16-11(15)10(19-7(3)14)9(8)18-6(2)13/h8-11,15H,4H2,1-3H3/t8-,9-,10-,11-/m0/s1. The zero-order chi connectivity index (χ0) is 14.6. The van der Waals surface area contributed by atoms with Crippen molar-refractivity contribution in [1.82, 2.24) is 0 Å². The molecule has 0 aliphatic carbocycles. The van der Waals surface area contributed by atoms with E-state index in [2.05, 4.69) is 0 Å². The van der Waals surface area contributed by atoms with Crippen LogP contribution in [0.4, 0.5) is 0 Å². The fourth-order valence-corrected chi connectivity index (χ4v) is 1.72. The Morgan fingerprint density at radius 2 is 1.42 bits per heavy atom. The molecule has 1 N–H and O–H groups in total. The summed E-state index contributed by atoms with van der Waals surface area (Å²) in [5.41, 5.74) is 0. The Morgan fingerprint density at radius 3 is 1.89 bits per heavy atom. The van der Waals surface area contributed by atoms with Gasteiger partial charge in [0.1, 0.15) is 0 Å². The summed E-state index contributed by atoms with van der Waals surface area (Å²) >= 11 is 0. The zero-order valence-corrected chi connectivity index (χ0v) is 10.8. The molecule has 1 aliphatic heterocycles. The highest BCUT2D eigenvalue weighted by Crippen LogP contribution is 2.23. The molecule has 8 heteroatoms. The predicted octanol–water partition coefficient (Wildman–Crippen LogP) is -0.870. The van der Waals surface area contributed by atoms with Gasteiger partial charge in [-0.25, -0.2) is 0 Å². The summed E-state index contributed by atoms with van der Waals surface area (Å²) in [4.78, 5) is 33.0. The number of esters is 3. The molecule has 0 saturated carbocycles. The molecule has 1 aliphatic rings. The van der Waals surface area contributed by atoms with Crippen molar-refractivity contribution in [3.8, 4) is 0 Å². The van der Waals surface area contributed by atoms with Crippen molar-refractivity contribution in [1.29, 1.82) is 0 Å². The highest BCUT2D eigenvalue weighted by Gasteiger charge is 2.46. The number of aliphatic hydroxyl groups is 1. The maximum atomic E-state index is 11.1. The van der Waals surface area contributed by atoms with E-state index < -0.39 is 42.5 Å². The number of carbonyl (C=O) groups is 3. The molecule has 1 rings (SSSR count). The third kappa shape index (κ3) is 4.49. The molecular formula is C11H16O8. The maximum absolute atomic E-state index is 11.1. The molecule has 19 heavy (non-hydrogen) atoms. The van der Waals surface area contributed by atoms with E-state index in [0.717, 1.165) is 13.8 Å². The Morgan fingerprint density at radius 1 is 0.947 bits per heavy atom. The summed E-state index contributed by atoms with van der Waals surface area (Å²) in [6.45, 7) is 3.29. The van der Waals surface area contributed by atoms with Gasteiger partial charge in [0.25, 0.3) is 0 Å². The van der Waals surface area contributed by atoms with E-state index in [9.17, 15) is 19.5 Å². The molecule has 1 fully saturated rings. The van der Waals surface area contributed by atoms with Crippen molar-refractivity contribution < 1.29 is 38.4 Å². The molecule has 8 nitrogen and oxygen atoms in total. The fraction of sp³-hybridized carbons (Fsp3) is 0.727. The minimum absolute atomic E-state index is 0.170. The van der Waals surface area contributed by atoms with Gasteiger partial charge in [0.15, 0.2) is 24.6 Å². The topological polar surface area (TPSA) is 108 Å². The van der Waals surface area contributed by atoms with Gasteiger partial charge in [0, 0.05) is 20.8 Å². The Hall–Kier alpha value is -1.67. The molecule has 4 atom stereocenters. The molecule has 108 valence electrons. The first-order valence-electron chi connectivity index (χ1n) is 5.62. The molecular weight excluding hydrogens is 260 g/mol. The van der Waals surface area contributed by atoms with Gasteiger partial charge in [0.2, 0.25) is 0 Å². The lowest BCUT2D eigenvalue weighted by Crippen LogP contribution is -2.57. The average Bonchev–Trinajstić information content (AvgIpc) is 2.25. The average molecular weight is 276 g/mol. The molecule has 0 spiro atoms. The fourth-order valence-electron chi connectivity index (χ4n) is 1.72. The Labute approximate surface area is 109 Å². The Kier molecular flexibility index (Phi) is 5.25. The highest BCUT2D eigenvalue weighted by atomic mass is 16.7. The van der Waals surface area contributed by atoms with Crippen LogP contribution in [-0.4, -0.2) is 54.2 Å². The zero-order valence-electron chi connectivity index (χ0n) is 10.8. The van der Waals surface area contributed by atoms with Gasteiger partial charge in [-0.3, -0.25) is 14.4 Å². The van der Waals surface area contributed by atoms with Crippen LogP contribution in [-0.2, 0) is 33.3 Å². The summed E-state index contributed by atoms with van der Waals surface area (Å²) in [5, 5.41) is 9.62. The summed E-state index contributed by atoms with van der Waals surface area (Å²) in [6.07, 6.45) is -4.78. The second kappa shape index (κ2) is 6.48. The third-order valence-electron chi connectivity index (χ3n) is 2.32. The van der Waals surface area contributed by atoms with Gasteiger partial charge >= 0.3 is 17.9 Å². The van der Waals surface area contributed by atoms with Crippen molar-refractivity contribution in [3.63, 3.8) is 0 Å². The molecule has 1 heterocycles. The Balaban J connectivity index is 2.89. The van der Waals surface area contributed by atoms with Gasteiger partial charge in [-0.2, -0.15) is 0 Å². The van der Waals surface area contributed by atoms with Crippen molar-refractivity contribution >= 4 is 17.9 Å². The van der Waals surface area contributed by atoms with Crippen LogP contribution in [0.5, 0.6) is 0 Å². The van der Waals surface area contributed by atoms with Crippen LogP contribution in [0, 0.1) is 0 Å². The second-order valence-electron chi connectivity index (χ2n) is 4.02. The first-order chi connectivity index (χ1) is 8.81. The Bertz CT molecular complexity index is 366. The smallest absolute Gasteiger partial charge is 0.303 e. The number of hydrogen-bond donors (Lipinski definition) is 1. The monoisotopic (exact) mass is 276 g/mol. The van der Waals surface area contributed by atoms with E-state index in [1.807, 2.05) is 0 Å².